The molecule has 1 aliphatic carbocycles. The van der Waals surface area contributed by atoms with Crippen molar-refractivity contribution in [1.29, 1.82) is 0 Å². The number of hydrogen-bond acceptors (Lipinski definition) is 1. The average Bonchev–Trinajstić information content (AvgIpc) is 2.74. The van der Waals surface area contributed by atoms with Gasteiger partial charge in [-0.1, -0.05) is 35.2 Å². The molecule has 1 unspecified atom stereocenters. The van der Waals surface area contributed by atoms with Gasteiger partial charge in [0.1, 0.15) is 0 Å². The van der Waals surface area contributed by atoms with Gasteiger partial charge in [0.2, 0.25) is 0 Å². The summed E-state index contributed by atoms with van der Waals surface area (Å²) in [4.78, 5) is 2.79. The molecule has 2 aliphatic rings. The molecule has 2 heteroatoms. The van der Waals surface area contributed by atoms with Gasteiger partial charge in [-0.2, -0.15) is 0 Å². The molecule has 88 valence electrons. The lowest BCUT2D eigenvalue weighted by Crippen LogP contribution is -2.42. The van der Waals surface area contributed by atoms with E-state index in [9.17, 15) is 0 Å². The molecule has 0 amide bonds. The van der Waals surface area contributed by atoms with Crippen LogP contribution >= 0.6 is 15.9 Å². The van der Waals surface area contributed by atoms with Gasteiger partial charge in [0.05, 0.1) is 0 Å². The molecule has 2 rings (SSSR count). The molecule has 15 heavy (non-hydrogen) atoms. The lowest BCUT2D eigenvalue weighted by atomic mass is 9.97. The van der Waals surface area contributed by atoms with Crippen LogP contribution in [0.25, 0.3) is 0 Å². The number of nitrogens with zero attached hydrogens (tertiary/aromatic N) is 1. The minimum absolute atomic E-state index is 0.888. The molecule has 0 bridgehead atoms. The molecule has 1 atom stereocenters. The van der Waals surface area contributed by atoms with E-state index < -0.39 is 0 Å². The number of halogens is 1. The molecule has 2 fully saturated rings. The minimum atomic E-state index is 0.888. The van der Waals surface area contributed by atoms with Crippen molar-refractivity contribution in [1.82, 2.24) is 4.90 Å². The molecule has 1 aliphatic heterocycles. The van der Waals surface area contributed by atoms with Crippen LogP contribution in [0.1, 0.15) is 51.4 Å². The monoisotopic (exact) mass is 273 g/mol. The van der Waals surface area contributed by atoms with E-state index in [4.69, 9.17) is 0 Å². The molecule has 0 aromatic rings. The summed E-state index contributed by atoms with van der Waals surface area (Å²) in [5.41, 5.74) is 0. The summed E-state index contributed by atoms with van der Waals surface area (Å²) in [6.45, 7) is 2.77. The fourth-order valence-electron chi connectivity index (χ4n) is 3.28. The summed E-state index contributed by atoms with van der Waals surface area (Å²) in [6.07, 6.45) is 11.7. The van der Waals surface area contributed by atoms with Crippen LogP contribution in [0.15, 0.2) is 0 Å². The van der Waals surface area contributed by atoms with Gasteiger partial charge in [0.25, 0.3) is 0 Å². The number of alkyl halides is 1. The van der Waals surface area contributed by atoms with Gasteiger partial charge in [-0.05, 0) is 44.6 Å². The molecular weight excluding hydrogens is 250 g/mol. The Morgan fingerprint density at radius 2 is 1.73 bits per heavy atom. The highest BCUT2D eigenvalue weighted by Crippen LogP contribution is 2.29. The van der Waals surface area contributed by atoms with Crippen LogP contribution in [0.5, 0.6) is 0 Å². The van der Waals surface area contributed by atoms with Crippen molar-refractivity contribution >= 4 is 15.9 Å². The molecule has 0 N–H and O–H groups in total. The SMILES string of the molecule is BrCCC1CCCCN1CC1CCCC1. The first-order valence-corrected chi connectivity index (χ1v) is 7.82. The Kier molecular flexibility index (Phi) is 4.96. The predicted molar refractivity (Wildman–Crippen MR) is 69.6 cm³/mol. The normalized spacial score (nSPS) is 29.8. The summed E-state index contributed by atoms with van der Waals surface area (Å²) in [5, 5.41) is 1.18. The third-order valence-electron chi connectivity index (χ3n) is 4.16. The van der Waals surface area contributed by atoms with E-state index in [0.29, 0.717) is 0 Å². The van der Waals surface area contributed by atoms with Crippen LogP contribution in [0.3, 0.4) is 0 Å². The van der Waals surface area contributed by atoms with Crippen LogP contribution in [0, 0.1) is 5.92 Å². The lowest BCUT2D eigenvalue weighted by Gasteiger charge is -2.37. The number of likely N-dealkylation sites (tertiary alicyclic amines) is 1. The smallest absolute Gasteiger partial charge is 0.0103 e. The standard InChI is InChI=1S/C13H24BrN/c14-9-8-13-7-3-4-10-15(13)11-12-5-1-2-6-12/h12-13H,1-11H2. The molecule has 1 saturated carbocycles. The summed E-state index contributed by atoms with van der Waals surface area (Å²) >= 11 is 3.60. The molecule has 1 heterocycles. The van der Waals surface area contributed by atoms with Crippen LogP contribution in [-0.4, -0.2) is 29.4 Å². The number of hydrogen-bond donors (Lipinski definition) is 0. The van der Waals surface area contributed by atoms with E-state index in [1.165, 1.54) is 69.8 Å². The molecule has 0 radical (unpaired) electrons. The molecule has 0 aromatic heterocycles. The third kappa shape index (κ3) is 3.45. The van der Waals surface area contributed by atoms with E-state index in [1.807, 2.05) is 0 Å². The van der Waals surface area contributed by atoms with Gasteiger partial charge in [0.15, 0.2) is 0 Å². The van der Waals surface area contributed by atoms with Crippen molar-refractivity contribution in [2.45, 2.75) is 57.4 Å². The summed E-state index contributed by atoms with van der Waals surface area (Å²) < 4.78 is 0. The average molecular weight is 274 g/mol. The van der Waals surface area contributed by atoms with Gasteiger partial charge in [-0.3, -0.25) is 0 Å². The lowest BCUT2D eigenvalue weighted by molar-refractivity contribution is 0.123. The first kappa shape index (κ1) is 11.9. The Morgan fingerprint density at radius 3 is 2.47 bits per heavy atom. The summed E-state index contributed by atoms with van der Waals surface area (Å²) in [7, 11) is 0. The van der Waals surface area contributed by atoms with Crippen molar-refractivity contribution in [3.63, 3.8) is 0 Å². The Bertz CT molecular complexity index is 175. The van der Waals surface area contributed by atoms with Crippen molar-refractivity contribution in [2.24, 2.45) is 5.92 Å². The maximum Gasteiger partial charge on any atom is 0.0103 e. The Balaban J connectivity index is 1.80. The Hall–Kier alpha value is 0.440. The fraction of sp³-hybridized carbons (Fsp3) is 1.00. The maximum atomic E-state index is 3.60. The molecule has 0 aromatic carbocycles. The first-order chi connectivity index (χ1) is 7.40. The summed E-state index contributed by atoms with van der Waals surface area (Å²) in [6, 6.07) is 0.888. The fourth-order valence-corrected chi connectivity index (χ4v) is 3.81. The second-order valence-electron chi connectivity index (χ2n) is 5.27. The topological polar surface area (TPSA) is 3.24 Å². The zero-order chi connectivity index (χ0) is 10.5. The zero-order valence-corrected chi connectivity index (χ0v) is 11.3. The van der Waals surface area contributed by atoms with E-state index in [-0.39, 0.29) is 0 Å². The van der Waals surface area contributed by atoms with Gasteiger partial charge >= 0.3 is 0 Å². The molecular formula is C13H24BrN. The largest absolute Gasteiger partial charge is 0.300 e. The first-order valence-electron chi connectivity index (χ1n) is 6.70. The Labute approximate surface area is 103 Å². The highest BCUT2D eigenvalue weighted by atomic mass is 79.9. The quantitative estimate of drug-likeness (QED) is 0.704. The van der Waals surface area contributed by atoms with Gasteiger partial charge in [-0.15, -0.1) is 0 Å². The predicted octanol–water partition coefficient (Wildman–Crippen LogP) is 3.82. The van der Waals surface area contributed by atoms with Crippen LogP contribution in [-0.2, 0) is 0 Å². The zero-order valence-electron chi connectivity index (χ0n) is 9.76. The highest BCUT2D eigenvalue weighted by molar-refractivity contribution is 9.09. The second-order valence-corrected chi connectivity index (χ2v) is 6.07. The van der Waals surface area contributed by atoms with Gasteiger partial charge in [0, 0.05) is 17.9 Å². The van der Waals surface area contributed by atoms with Crippen LogP contribution in [0.2, 0.25) is 0 Å². The van der Waals surface area contributed by atoms with Crippen molar-refractivity contribution in [3.05, 3.63) is 0 Å². The number of rotatable bonds is 4. The van der Waals surface area contributed by atoms with Crippen LogP contribution < -0.4 is 0 Å². The maximum absolute atomic E-state index is 3.60. The van der Waals surface area contributed by atoms with Crippen molar-refractivity contribution < 1.29 is 0 Å². The van der Waals surface area contributed by atoms with Gasteiger partial charge in [-0.25, -0.2) is 0 Å². The van der Waals surface area contributed by atoms with E-state index in [0.717, 1.165) is 12.0 Å². The second kappa shape index (κ2) is 6.24. The third-order valence-corrected chi connectivity index (χ3v) is 4.62. The van der Waals surface area contributed by atoms with E-state index in [2.05, 4.69) is 20.8 Å². The number of piperidine rings is 1. The van der Waals surface area contributed by atoms with Crippen LogP contribution in [0.4, 0.5) is 0 Å². The van der Waals surface area contributed by atoms with Gasteiger partial charge < -0.3 is 4.90 Å². The molecule has 1 saturated heterocycles. The Morgan fingerprint density at radius 1 is 1.00 bits per heavy atom. The van der Waals surface area contributed by atoms with Crippen molar-refractivity contribution in [3.8, 4) is 0 Å². The minimum Gasteiger partial charge on any atom is -0.300 e. The van der Waals surface area contributed by atoms with E-state index >= 15 is 0 Å². The summed E-state index contributed by atoms with van der Waals surface area (Å²) in [5.74, 6) is 1.03. The van der Waals surface area contributed by atoms with E-state index in [1.54, 1.807) is 0 Å². The van der Waals surface area contributed by atoms with Crippen molar-refractivity contribution in [2.75, 3.05) is 18.4 Å². The molecule has 0 spiro atoms. The molecule has 1 nitrogen and oxygen atoms in total. The highest BCUT2D eigenvalue weighted by Gasteiger charge is 2.25.